The van der Waals surface area contributed by atoms with Crippen molar-refractivity contribution in [2.75, 3.05) is 32.7 Å². The monoisotopic (exact) mass is 351 g/mol. The number of nitrogens with one attached hydrogen (secondary N) is 1. The average molecular weight is 352 g/mol. The van der Waals surface area contributed by atoms with Gasteiger partial charge >= 0.3 is 0 Å². The van der Waals surface area contributed by atoms with E-state index in [9.17, 15) is 4.79 Å². The van der Waals surface area contributed by atoms with Gasteiger partial charge in [-0.2, -0.15) is 0 Å². The third-order valence-electron chi connectivity index (χ3n) is 5.50. The maximum atomic E-state index is 12.8. The maximum Gasteiger partial charge on any atom is 0.242 e. The minimum absolute atomic E-state index is 0. The van der Waals surface area contributed by atoms with Gasteiger partial charge in [-0.05, 0) is 71.5 Å². The molecule has 3 fully saturated rings. The van der Waals surface area contributed by atoms with Crippen LogP contribution in [-0.4, -0.2) is 60.0 Å². The number of hydrogen-bond donors (Lipinski definition) is 1. The Morgan fingerprint density at radius 1 is 1.00 bits per heavy atom. The Morgan fingerprint density at radius 2 is 1.64 bits per heavy atom. The molecular weight excluding hydrogens is 321 g/mol. The number of rotatable bonds is 2. The second kappa shape index (κ2) is 8.72. The van der Waals surface area contributed by atoms with Gasteiger partial charge in [0.2, 0.25) is 5.91 Å². The van der Waals surface area contributed by atoms with Crippen molar-refractivity contribution in [1.82, 2.24) is 15.1 Å². The summed E-state index contributed by atoms with van der Waals surface area (Å²) >= 11 is 0. The topological polar surface area (TPSA) is 35.6 Å². The van der Waals surface area contributed by atoms with E-state index < -0.39 is 0 Å². The number of hydrogen-bond acceptors (Lipinski definition) is 3. The van der Waals surface area contributed by atoms with Gasteiger partial charge in [0.05, 0.1) is 5.54 Å². The zero-order valence-electron chi connectivity index (χ0n) is 13.7. The van der Waals surface area contributed by atoms with Crippen LogP contribution >= 0.6 is 24.8 Å². The van der Waals surface area contributed by atoms with Gasteiger partial charge in [0.1, 0.15) is 0 Å². The Hall–Kier alpha value is -0.0300. The van der Waals surface area contributed by atoms with Crippen molar-refractivity contribution in [2.24, 2.45) is 0 Å². The lowest BCUT2D eigenvalue weighted by atomic mass is 9.88. The minimum atomic E-state index is -0.293. The van der Waals surface area contributed by atoms with Gasteiger partial charge in [0.15, 0.2) is 0 Å². The lowest BCUT2D eigenvalue weighted by Gasteiger charge is -2.42. The molecule has 1 atom stereocenters. The van der Waals surface area contributed by atoms with Crippen LogP contribution in [0.4, 0.5) is 0 Å². The molecule has 3 aliphatic heterocycles. The van der Waals surface area contributed by atoms with Crippen molar-refractivity contribution in [3.63, 3.8) is 0 Å². The van der Waals surface area contributed by atoms with Crippen LogP contribution in [0.2, 0.25) is 0 Å². The summed E-state index contributed by atoms with van der Waals surface area (Å²) < 4.78 is 0. The molecule has 0 saturated carbocycles. The van der Waals surface area contributed by atoms with Crippen LogP contribution in [0, 0.1) is 0 Å². The Balaban J connectivity index is 0.00000121. The van der Waals surface area contributed by atoms with Crippen LogP contribution in [0.25, 0.3) is 0 Å². The molecule has 0 aromatic heterocycles. The van der Waals surface area contributed by atoms with Crippen molar-refractivity contribution in [2.45, 2.75) is 63.5 Å². The molecule has 0 bridgehead atoms. The molecule has 0 spiro atoms. The highest BCUT2D eigenvalue weighted by Crippen LogP contribution is 2.25. The summed E-state index contributed by atoms with van der Waals surface area (Å²) in [5, 5.41) is 3.46. The molecule has 0 aliphatic carbocycles. The molecule has 3 rings (SSSR count). The molecule has 4 nitrogen and oxygen atoms in total. The smallest absolute Gasteiger partial charge is 0.242 e. The molecule has 3 aliphatic rings. The van der Waals surface area contributed by atoms with E-state index in [0.29, 0.717) is 5.91 Å². The van der Waals surface area contributed by atoms with Gasteiger partial charge in [0, 0.05) is 19.1 Å². The first-order valence-corrected chi connectivity index (χ1v) is 8.47. The molecule has 0 aromatic rings. The molecule has 3 heterocycles. The standard InChI is InChI=1S/C16H29N3O.2ClH/c1-16(8-2-3-9-17-16)15(20)19-12-6-14(7-13-19)18-10-4-5-11-18;;/h14,17H,2-13H2,1H3;2*1H. The Morgan fingerprint density at radius 3 is 2.18 bits per heavy atom. The zero-order valence-corrected chi connectivity index (χ0v) is 15.3. The molecule has 0 aromatic carbocycles. The highest BCUT2D eigenvalue weighted by molar-refractivity contribution is 5.86. The molecule has 6 heteroatoms. The molecule has 1 amide bonds. The van der Waals surface area contributed by atoms with Gasteiger partial charge in [-0.3, -0.25) is 4.79 Å². The highest BCUT2D eigenvalue weighted by Gasteiger charge is 2.39. The van der Waals surface area contributed by atoms with E-state index in [-0.39, 0.29) is 30.4 Å². The number of carbonyl (C=O) groups excluding carboxylic acids is 1. The van der Waals surface area contributed by atoms with E-state index in [4.69, 9.17) is 0 Å². The van der Waals surface area contributed by atoms with E-state index in [1.807, 2.05) is 0 Å². The highest BCUT2D eigenvalue weighted by atomic mass is 35.5. The summed E-state index contributed by atoms with van der Waals surface area (Å²) in [6.45, 7) is 7.55. The van der Waals surface area contributed by atoms with Crippen LogP contribution in [0.3, 0.4) is 0 Å². The van der Waals surface area contributed by atoms with Crippen molar-refractivity contribution in [1.29, 1.82) is 0 Å². The van der Waals surface area contributed by atoms with Crippen LogP contribution < -0.4 is 5.32 Å². The molecular formula is C16H31Cl2N3O. The van der Waals surface area contributed by atoms with Crippen LogP contribution in [0.15, 0.2) is 0 Å². The summed E-state index contributed by atoms with van der Waals surface area (Å²) in [4.78, 5) is 17.5. The number of carbonyl (C=O) groups is 1. The first kappa shape index (κ1) is 20.0. The van der Waals surface area contributed by atoms with Crippen LogP contribution in [0.5, 0.6) is 0 Å². The lowest BCUT2D eigenvalue weighted by molar-refractivity contribution is -0.140. The molecule has 3 saturated heterocycles. The largest absolute Gasteiger partial charge is 0.341 e. The fourth-order valence-electron chi connectivity index (χ4n) is 4.13. The van der Waals surface area contributed by atoms with Gasteiger partial charge in [-0.1, -0.05) is 0 Å². The van der Waals surface area contributed by atoms with Crippen molar-refractivity contribution in [3.05, 3.63) is 0 Å². The fourth-order valence-corrected chi connectivity index (χ4v) is 4.13. The fraction of sp³-hybridized carbons (Fsp3) is 0.938. The zero-order chi connectivity index (χ0) is 14.0. The summed E-state index contributed by atoms with van der Waals surface area (Å²) in [7, 11) is 0. The predicted octanol–water partition coefficient (Wildman–Crippen LogP) is 2.45. The van der Waals surface area contributed by atoms with Gasteiger partial charge in [-0.25, -0.2) is 0 Å². The number of nitrogens with zero attached hydrogens (tertiary/aromatic N) is 2. The number of piperidine rings is 2. The summed E-state index contributed by atoms with van der Waals surface area (Å²) in [6.07, 6.45) is 8.45. The summed E-state index contributed by atoms with van der Waals surface area (Å²) in [5.74, 6) is 0.345. The Labute approximate surface area is 147 Å². The Kier molecular flexibility index (Phi) is 7.93. The second-order valence-corrected chi connectivity index (χ2v) is 6.98. The van der Waals surface area contributed by atoms with Crippen molar-refractivity contribution >= 4 is 30.7 Å². The number of likely N-dealkylation sites (tertiary alicyclic amines) is 2. The number of amides is 1. The predicted molar refractivity (Wildman–Crippen MR) is 95.2 cm³/mol. The van der Waals surface area contributed by atoms with Crippen molar-refractivity contribution < 1.29 is 4.79 Å². The first-order valence-electron chi connectivity index (χ1n) is 8.47. The molecule has 130 valence electrons. The third kappa shape index (κ3) is 4.28. The molecule has 0 radical (unpaired) electrons. The van der Waals surface area contributed by atoms with E-state index in [2.05, 4.69) is 22.0 Å². The average Bonchev–Trinajstić information content (AvgIpc) is 3.02. The van der Waals surface area contributed by atoms with E-state index in [1.54, 1.807) is 0 Å². The third-order valence-corrected chi connectivity index (χ3v) is 5.50. The van der Waals surface area contributed by atoms with Gasteiger partial charge in [-0.15, -0.1) is 24.8 Å². The maximum absolute atomic E-state index is 12.8. The summed E-state index contributed by atoms with van der Waals surface area (Å²) in [5.41, 5.74) is -0.293. The van der Waals surface area contributed by atoms with Crippen molar-refractivity contribution in [3.8, 4) is 0 Å². The molecule has 1 N–H and O–H groups in total. The molecule has 1 unspecified atom stereocenters. The van der Waals surface area contributed by atoms with Gasteiger partial charge < -0.3 is 15.1 Å². The van der Waals surface area contributed by atoms with E-state index >= 15 is 0 Å². The SMILES string of the molecule is CC1(C(=O)N2CCC(N3CCCC3)CC2)CCCCN1.Cl.Cl. The van der Waals surface area contributed by atoms with Gasteiger partial charge in [0.25, 0.3) is 0 Å². The van der Waals surface area contributed by atoms with E-state index in [0.717, 1.165) is 32.1 Å². The quantitative estimate of drug-likeness (QED) is 0.829. The second-order valence-electron chi connectivity index (χ2n) is 6.98. The van der Waals surface area contributed by atoms with Crippen LogP contribution in [-0.2, 0) is 4.79 Å². The normalized spacial score (nSPS) is 30.5. The minimum Gasteiger partial charge on any atom is -0.341 e. The summed E-state index contributed by atoms with van der Waals surface area (Å²) in [6, 6.07) is 0.730. The van der Waals surface area contributed by atoms with Crippen LogP contribution in [0.1, 0.15) is 51.9 Å². The lowest BCUT2D eigenvalue weighted by Crippen LogP contribution is -2.59. The molecule has 22 heavy (non-hydrogen) atoms. The first-order chi connectivity index (χ1) is 9.69. The van der Waals surface area contributed by atoms with E-state index in [1.165, 1.54) is 51.6 Å². The number of halogens is 2. The Bertz CT molecular complexity index is 347.